The number of nitrogens with two attached hydrogens (primary N) is 1. The first-order chi connectivity index (χ1) is 7.90. The van der Waals surface area contributed by atoms with E-state index in [0.717, 1.165) is 25.7 Å². The molecule has 0 aromatic carbocycles. The Bertz CT molecular complexity index is 186. The van der Waals surface area contributed by atoms with Gasteiger partial charge in [0.15, 0.2) is 0 Å². The summed E-state index contributed by atoms with van der Waals surface area (Å²) in [6, 6.07) is 0. The molecule has 2 fully saturated rings. The maximum atomic E-state index is 5.95. The molecular formula is C13H26N2O. The lowest BCUT2D eigenvalue weighted by Gasteiger charge is -2.35. The highest BCUT2D eigenvalue weighted by atomic mass is 16.5. The molecule has 0 aromatic rings. The van der Waals surface area contributed by atoms with E-state index in [-0.39, 0.29) is 0 Å². The average Bonchev–Trinajstić information content (AvgIpc) is 2.38. The van der Waals surface area contributed by atoms with Crippen molar-refractivity contribution < 1.29 is 4.74 Å². The van der Waals surface area contributed by atoms with Gasteiger partial charge in [-0.25, -0.2) is 0 Å². The fourth-order valence-electron chi connectivity index (χ4n) is 3.08. The largest absolute Gasteiger partial charge is 0.381 e. The molecule has 2 aliphatic heterocycles. The van der Waals surface area contributed by atoms with Crippen molar-refractivity contribution in [1.82, 2.24) is 4.90 Å². The summed E-state index contributed by atoms with van der Waals surface area (Å²) in [4.78, 5) is 2.62. The Morgan fingerprint density at radius 1 is 1.12 bits per heavy atom. The van der Waals surface area contributed by atoms with Crippen LogP contribution < -0.4 is 5.73 Å². The topological polar surface area (TPSA) is 38.5 Å². The zero-order chi connectivity index (χ0) is 11.2. The normalized spacial score (nSPS) is 26.8. The third-order valence-corrected chi connectivity index (χ3v) is 4.18. The molecule has 2 heterocycles. The Hall–Kier alpha value is -0.120. The van der Waals surface area contributed by atoms with E-state index < -0.39 is 0 Å². The smallest absolute Gasteiger partial charge is 0.0468 e. The van der Waals surface area contributed by atoms with Crippen LogP contribution in [0, 0.1) is 11.8 Å². The van der Waals surface area contributed by atoms with Crippen LogP contribution in [0.5, 0.6) is 0 Å². The Morgan fingerprint density at radius 2 is 1.81 bits per heavy atom. The molecule has 2 rings (SSSR count). The number of nitrogens with zero attached hydrogens (tertiary/aromatic N) is 1. The summed E-state index contributed by atoms with van der Waals surface area (Å²) in [5, 5.41) is 0. The summed E-state index contributed by atoms with van der Waals surface area (Å²) < 4.78 is 5.43. The van der Waals surface area contributed by atoms with Gasteiger partial charge in [0, 0.05) is 19.8 Å². The monoisotopic (exact) mass is 226 g/mol. The van der Waals surface area contributed by atoms with E-state index in [2.05, 4.69) is 4.90 Å². The predicted molar refractivity (Wildman–Crippen MR) is 66.4 cm³/mol. The molecule has 2 saturated heterocycles. The minimum Gasteiger partial charge on any atom is -0.381 e. The summed E-state index contributed by atoms with van der Waals surface area (Å²) in [6.45, 7) is 6.55. The summed E-state index contributed by atoms with van der Waals surface area (Å²) in [5.41, 5.74) is 5.95. The zero-order valence-corrected chi connectivity index (χ0v) is 10.4. The fraction of sp³-hybridized carbons (Fsp3) is 1.00. The fourth-order valence-corrected chi connectivity index (χ4v) is 3.08. The van der Waals surface area contributed by atoms with E-state index in [1.54, 1.807) is 0 Å². The SMILES string of the molecule is NCC(CN1CCCCC1)C1CCOCC1. The van der Waals surface area contributed by atoms with Crippen LogP contribution in [-0.4, -0.2) is 44.3 Å². The molecule has 0 radical (unpaired) electrons. The maximum Gasteiger partial charge on any atom is 0.0468 e. The summed E-state index contributed by atoms with van der Waals surface area (Å²) >= 11 is 0. The maximum absolute atomic E-state index is 5.95. The number of ether oxygens (including phenoxy) is 1. The Labute approximate surface area is 99.3 Å². The molecule has 0 bridgehead atoms. The first-order valence-electron chi connectivity index (χ1n) is 6.90. The van der Waals surface area contributed by atoms with Gasteiger partial charge in [0.25, 0.3) is 0 Å². The van der Waals surface area contributed by atoms with Crippen LogP contribution in [0.15, 0.2) is 0 Å². The molecule has 16 heavy (non-hydrogen) atoms. The number of likely N-dealkylation sites (tertiary alicyclic amines) is 1. The van der Waals surface area contributed by atoms with Crippen molar-refractivity contribution in [3.63, 3.8) is 0 Å². The first-order valence-corrected chi connectivity index (χ1v) is 6.90. The third kappa shape index (κ3) is 3.44. The Kier molecular flexibility index (Phi) is 5.07. The molecule has 0 saturated carbocycles. The van der Waals surface area contributed by atoms with E-state index in [1.165, 1.54) is 51.7 Å². The molecule has 1 atom stereocenters. The molecule has 0 amide bonds. The van der Waals surface area contributed by atoms with Gasteiger partial charge in [-0.15, -0.1) is 0 Å². The van der Waals surface area contributed by atoms with Gasteiger partial charge < -0.3 is 15.4 Å². The van der Waals surface area contributed by atoms with Crippen LogP contribution in [0.1, 0.15) is 32.1 Å². The van der Waals surface area contributed by atoms with Gasteiger partial charge in [0.1, 0.15) is 0 Å². The van der Waals surface area contributed by atoms with Crippen LogP contribution in [-0.2, 0) is 4.74 Å². The van der Waals surface area contributed by atoms with Crippen molar-refractivity contribution in [2.75, 3.05) is 39.4 Å². The van der Waals surface area contributed by atoms with Crippen molar-refractivity contribution >= 4 is 0 Å². The molecule has 2 aliphatic rings. The van der Waals surface area contributed by atoms with E-state index in [4.69, 9.17) is 10.5 Å². The van der Waals surface area contributed by atoms with Crippen LogP contribution in [0.25, 0.3) is 0 Å². The lowest BCUT2D eigenvalue weighted by Crippen LogP contribution is -2.40. The van der Waals surface area contributed by atoms with E-state index >= 15 is 0 Å². The van der Waals surface area contributed by atoms with Gasteiger partial charge in [0.05, 0.1) is 0 Å². The number of rotatable bonds is 4. The van der Waals surface area contributed by atoms with Crippen LogP contribution in [0.4, 0.5) is 0 Å². The third-order valence-electron chi connectivity index (χ3n) is 4.18. The number of hydrogen-bond donors (Lipinski definition) is 1. The highest BCUT2D eigenvalue weighted by molar-refractivity contribution is 4.78. The van der Waals surface area contributed by atoms with Gasteiger partial charge in [-0.1, -0.05) is 6.42 Å². The van der Waals surface area contributed by atoms with Gasteiger partial charge >= 0.3 is 0 Å². The van der Waals surface area contributed by atoms with Gasteiger partial charge in [-0.2, -0.15) is 0 Å². The lowest BCUT2D eigenvalue weighted by molar-refractivity contribution is 0.0383. The second-order valence-electron chi connectivity index (χ2n) is 5.31. The van der Waals surface area contributed by atoms with Crippen molar-refractivity contribution in [3.05, 3.63) is 0 Å². The van der Waals surface area contributed by atoms with E-state index in [1.807, 2.05) is 0 Å². The van der Waals surface area contributed by atoms with Crippen LogP contribution in [0.2, 0.25) is 0 Å². The summed E-state index contributed by atoms with van der Waals surface area (Å²) in [7, 11) is 0. The quantitative estimate of drug-likeness (QED) is 0.789. The predicted octanol–water partition coefficient (Wildman–Crippen LogP) is 1.47. The highest BCUT2D eigenvalue weighted by Gasteiger charge is 2.25. The molecule has 94 valence electrons. The molecular weight excluding hydrogens is 200 g/mol. The Balaban J connectivity index is 1.78. The molecule has 0 spiro atoms. The summed E-state index contributed by atoms with van der Waals surface area (Å²) in [6.07, 6.45) is 6.61. The average molecular weight is 226 g/mol. The molecule has 1 unspecified atom stereocenters. The highest BCUT2D eigenvalue weighted by Crippen LogP contribution is 2.24. The minimum absolute atomic E-state index is 0.696. The molecule has 3 nitrogen and oxygen atoms in total. The van der Waals surface area contributed by atoms with Crippen molar-refractivity contribution in [2.45, 2.75) is 32.1 Å². The minimum atomic E-state index is 0.696. The molecule has 2 N–H and O–H groups in total. The molecule has 3 heteroatoms. The zero-order valence-electron chi connectivity index (χ0n) is 10.4. The van der Waals surface area contributed by atoms with Gasteiger partial charge in [0.2, 0.25) is 0 Å². The van der Waals surface area contributed by atoms with Crippen LogP contribution >= 0.6 is 0 Å². The lowest BCUT2D eigenvalue weighted by atomic mass is 9.85. The van der Waals surface area contributed by atoms with Gasteiger partial charge in [-0.3, -0.25) is 0 Å². The van der Waals surface area contributed by atoms with E-state index in [0.29, 0.717) is 5.92 Å². The second-order valence-corrected chi connectivity index (χ2v) is 5.31. The standard InChI is InChI=1S/C13H26N2O/c14-10-13(12-4-8-16-9-5-12)11-15-6-2-1-3-7-15/h12-13H,1-11,14H2. The van der Waals surface area contributed by atoms with Crippen molar-refractivity contribution in [1.29, 1.82) is 0 Å². The first kappa shape index (κ1) is 12.3. The molecule has 0 aliphatic carbocycles. The number of hydrogen-bond acceptors (Lipinski definition) is 3. The van der Waals surface area contributed by atoms with Gasteiger partial charge in [-0.05, 0) is 57.2 Å². The second kappa shape index (κ2) is 6.58. The van der Waals surface area contributed by atoms with Crippen molar-refractivity contribution in [2.24, 2.45) is 17.6 Å². The van der Waals surface area contributed by atoms with Crippen molar-refractivity contribution in [3.8, 4) is 0 Å². The van der Waals surface area contributed by atoms with Crippen LogP contribution in [0.3, 0.4) is 0 Å². The summed E-state index contributed by atoms with van der Waals surface area (Å²) in [5.74, 6) is 1.50. The number of piperidine rings is 1. The Morgan fingerprint density at radius 3 is 2.44 bits per heavy atom. The van der Waals surface area contributed by atoms with E-state index in [9.17, 15) is 0 Å². The molecule has 0 aromatic heterocycles.